The third-order valence-electron chi connectivity index (χ3n) is 14.9. The van der Waals surface area contributed by atoms with Crippen molar-refractivity contribution in [2.75, 3.05) is 0 Å². The molecule has 0 bridgehead atoms. The van der Waals surface area contributed by atoms with Crippen molar-refractivity contribution in [2.45, 2.75) is 12.8 Å². The molecular weight excluding hydrogens is 917 g/mol. The van der Waals surface area contributed by atoms with Crippen molar-refractivity contribution >= 4 is 60.9 Å². The van der Waals surface area contributed by atoms with Crippen LogP contribution in [0.5, 0.6) is 0 Å². The molecule has 0 saturated carbocycles. The minimum atomic E-state index is 0.534. The topological polar surface area (TPSA) is 69.9 Å². The molecule has 14 aromatic rings. The molecule has 10 aromatic carbocycles. The molecule has 0 atom stereocenters. The minimum absolute atomic E-state index is 0.534. The van der Waals surface area contributed by atoms with Crippen LogP contribution in [0.3, 0.4) is 0 Å². The molecule has 6 nitrogen and oxygen atoms in total. The molecule has 352 valence electrons. The molecule has 75 heavy (non-hydrogen) atoms. The molecule has 4 aromatic heterocycles. The second kappa shape index (κ2) is 17.4. The van der Waals surface area contributed by atoms with E-state index in [0.29, 0.717) is 17.5 Å². The van der Waals surface area contributed by atoms with E-state index < -0.39 is 0 Å². The highest BCUT2D eigenvalue weighted by atomic mass is 16.3. The van der Waals surface area contributed by atoms with Crippen molar-refractivity contribution in [3.8, 4) is 84.4 Å². The molecule has 15 rings (SSSR count). The average Bonchev–Trinajstić information content (AvgIpc) is 4.18. The standard InChI is InChI=1S/C69H44N4O2/c1-4-15-43(16-5-1)45-27-29-47(30-28-45)68-70-67(46-19-8-3-9-20-46)71-69(72-68)60-41-52(40-59-55-24-11-13-26-63(55)75-66(59)60)49-22-14-21-48(37-49)51-32-35-64-57(39-51)58-42-53(33-36-65(58)74-64)73-61-25-12-10-23-54(61)56-38-50(31-34-62(56)73)44-17-6-2-7-18-44/h1-11,13-24,26-42H,12,25H2. The number of hydrogen-bond acceptors (Lipinski definition) is 5. The van der Waals surface area contributed by atoms with Gasteiger partial charge in [-0.05, 0) is 124 Å². The molecule has 0 aliphatic heterocycles. The van der Waals surface area contributed by atoms with Crippen LogP contribution in [-0.4, -0.2) is 19.5 Å². The lowest BCUT2D eigenvalue weighted by Gasteiger charge is -2.13. The van der Waals surface area contributed by atoms with Crippen molar-refractivity contribution in [1.82, 2.24) is 19.5 Å². The van der Waals surface area contributed by atoms with Gasteiger partial charge in [-0.25, -0.2) is 15.0 Å². The Morgan fingerprint density at radius 3 is 1.64 bits per heavy atom. The summed E-state index contributed by atoms with van der Waals surface area (Å²) in [6.45, 7) is 0. The SMILES string of the molecule is C1=Cc2c(n(-c3ccc4oc5ccc(-c6cccc(-c7cc(-c8nc(-c9ccccc9)nc(-c9ccc(-c%10ccccc%10)cc9)n8)c8oc9ccccc9c8c7)c6)cc5c4c3)c3ccc(-c4ccccc4)cc23)CC1. The Morgan fingerprint density at radius 1 is 0.347 bits per heavy atom. The zero-order valence-electron chi connectivity index (χ0n) is 40.6. The number of para-hydroxylation sites is 1. The lowest BCUT2D eigenvalue weighted by atomic mass is 9.95. The van der Waals surface area contributed by atoms with Crippen LogP contribution < -0.4 is 0 Å². The van der Waals surface area contributed by atoms with Gasteiger partial charge in [-0.3, -0.25) is 0 Å². The molecule has 6 heteroatoms. The molecule has 0 fully saturated rings. The van der Waals surface area contributed by atoms with Crippen LogP contribution in [0.4, 0.5) is 0 Å². The van der Waals surface area contributed by atoms with E-state index in [9.17, 15) is 0 Å². The predicted molar refractivity (Wildman–Crippen MR) is 307 cm³/mol. The molecule has 1 aliphatic rings. The number of fused-ring (bicyclic) bond motifs is 9. The molecule has 0 N–H and O–H groups in total. The van der Waals surface area contributed by atoms with Gasteiger partial charge in [0.1, 0.15) is 22.3 Å². The summed E-state index contributed by atoms with van der Waals surface area (Å²) in [5, 5.41) is 5.46. The van der Waals surface area contributed by atoms with Crippen LogP contribution in [0.1, 0.15) is 17.7 Å². The van der Waals surface area contributed by atoms with Crippen LogP contribution in [0.15, 0.2) is 245 Å². The first-order chi connectivity index (χ1) is 37.1. The molecule has 0 radical (unpaired) electrons. The van der Waals surface area contributed by atoms with E-state index in [0.717, 1.165) is 112 Å². The van der Waals surface area contributed by atoms with Crippen LogP contribution >= 0.6 is 0 Å². The van der Waals surface area contributed by atoms with Crippen molar-refractivity contribution in [3.05, 3.63) is 248 Å². The minimum Gasteiger partial charge on any atom is -0.456 e. The lowest BCUT2D eigenvalue weighted by molar-refractivity contribution is 0.668. The normalized spacial score (nSPS) is 12.4. The zero-order valence-corrected chi connectivity index (χ0v) is 40.6. The Balaban J connectivity index is 0.844. The fourth-order valence-electron chi connectivity index (χ4n) is 11.2. The summed E-state index contributed by atoms with van der Waals surface area (Å²) in [5.74, 6) is 1.70. The largest absolute Gasteiger partial charge is 0.456 e. The van der Waals surface area contributed by atoms with Crippen molar-refractivity contribution < 1.29 is 8.83 Å². The van der Waals surface area contributed by atoms with Crippen molar-refractivity contribution in [3.63, 3.8) is 0 Å². The lowest BCUT2D eigenvalue weighted by Crippen LogP contribution is -2.02. The summed E-state index contributed by atoms with van der Waals surface area (Å²) in [6, 6.07) is 81.1. The summed E-state index contributed by atoms with van der Waals surface area (Å²) < 4.78 is 15.7. The van der Waals surface area contributed by atoms with Gasteiger partial charge in [0.15, 0.2) is 17.5 Å². The fraction of sp³-hybridized carbons (Fsp3) is 0.0290. The van der Waals surface area contributed by atoms with Crippen LogP contribution in [0.2, 0.25) is 0 Å². The van der Waals surface area contributed by atoms with Gasteiger partial charge in [0.2, 0.25) is 0 Å². The number of nitrogens with zero attached hydrogens (tertiary/aromatic N) is 4. The summed E-state index contributed by atoms with van der Waals surface area (Å²) in [5.41, 5.74) is 19.8. The maximum absolute atomic E-state index is 6.73. The maximum atomic E-state index is 6.73. The zero-order chi connectivity index (χ0) is 49.4. The average molecular weight is 961 g/mol. The predicted octanol–water partition coefficient (Wildman–Crippen LogP) is 18.2. The fourth-order valence-corrected chi connectivity index (χ4v) is 11.2. The van der Waals surface area contributed by atoms with E-state index in [1.807, 2.05) is 48.5 Å². The van der Waals surface area contributed by atoms with E-state index in [4.69, 9.17) is 23.8 Å². The quantitative estimate of drug-likeness (QED) is 0.152. The second-order valence-electron chi connectivity index (χ2n) is 19.4. The van der Waals surface area contributed by atoms with Gasteiger partial charge < -0.3 is 13.4 Å². The Kier molecular flexibility index (Phi) is 9.91. The maximum Gasteiger partial charge on any atom is 0.167 e. The van der Waals surface area contributed by atoms with Crippen LogP contribution in [0, 0.1) is 0 Å². The van der Waals surface area contributed by atoms with E-state index >= 15 is 0 Å². The Hall–Kier alpha value is -9.91. The third kappa shape index (κ3) is 7.37. The molecule has 0 amide bonds. The van der Waals surface area contributed by atoms with E-state index in [-0.39, 0.29) is 0 Å². The highest BCUT2D eigenvalue weighted by molar-refractivity contribution is 6.11. The summed E-state index contributed by atoms with van der Waals surface area (Å²) in [6.07, 6.45) is 6.61. The van der Waals surface area contributed by atoms with Crippen LogP contribution in [0.25, 0.3) is 145 Å². The number of allylic oxidation sites excluding steroid dienone is 1. The summed E-state index contributed by atoms with van der Waals surface area (Å²) >= 11 is 0. The first kappa shape index (κ1) is 42.7. The monoisotopic (exact) mass is 960 g/mol. The Morgan fingerprint density at radius 2 is 0.867 bits per heavy atom. The van der Waals surface area contributed by atoms with E-state index in [2.05, 4.69) is 199 Å². The van der Waals surface area contributed by atoms with E-state index in [1.54, 1.807) is 0 Å². The number of hydrogen-bond donors (Lipinski definition) is 0. The van der Waals surface area contributed by atoms with E-state index in [1.165, 1.54) is 33.3 Å². The highest BCUT2D eigenvalue weighted by Crippen LogP contribution is 2.42. The molecule has 0 saturated heterocycles. The number of rotatable bonds is 8. The van der Waals surface area contributed by atoms with Crippen molar-refractivity contribution in [1.29, 1.82) is 0 Å². The molecule has 0 unspecified atom stereocenters. The molecule has 4 heterocycles. The molecular formula is C69H44N4O2. The van der Waals surface area contributed by atoms with Crippen molar-refractivity contribution in [2.24, 2.45) is 0 Å². The summed E-state index contributed by atoms with van der Waals surface area (Å²) in [7, 11) is 0. The number of furan rings is 2. The van der Waals surface area contributed by atoms with Crippen LogP contribution in [-0.2, 0) is 6.42 Å². The van der Waals surface area contributed by atoms with Gasteiger partial charge >= 0.3 is 0 Å². The Labute approximate surface area is 432 Å². The number of aromatic nitrogens is 4. The first-order valence-electron chi connectivity index (χ1n) is 25.5. The molecule has 0 spiro atoms. The highest BCUT2D eigenvalue weighted by Gasteiger charge is 2.23. The Bertz CT molecular complexity index is 4570. The van der Waals surface area contributed by atoms with Gasteiger partial charge in [-0.1, -0.05) is 176 Å². The molecule has 1 aliphatic carbocycles. The second-order valence-corrected chi connectivity index (χ2v) is 19.4. The first-order valence-corrected chi connectivity index (χ1v) is 25.5. The van der Waals surface area contributed by atoms with Gasteiger partial charge in [0, 0.05) is 55.0 Å². The van der Waals surface area contributed by atoms with Gasteiger partial charge in [0.05, 0.1) is 11.1 Å². The van der Waals surface area contributed by atoms with Gasteiger partial charge in [-0.2, -0.15) is 0 Å². The van der Waals surface area contributed by atoms with Gasteiger partial charge in [0.25, 0.3) is 0 Å². The number of benzene rings is 10. The third-order valence-corrected chi connectivity index (χ3v) is 14.9. The smallest absolute Gasteiger partial charge is 0.167 e. The summed E-state index contributed by atoms with van der Waals surface area (Å²) in [4.78, 5) is 15.5. The van der Waals surface area contributed by atoms with Gasteiger partial charge in [-0.15, -0.1) is 0 Å².